The largest absolute Gasteiger partial charge is 0.492 e. The Labute approximate surface area is 197 Å². The summed E-state index contributed by atoms with van der Waals surface area (Å²) < 4.78 is 24.9. The van der Waals surface area contributed by atoms with Crippen molar-refractivity contribution in [2.24, 2.45) is 0 Å². The Morgan fingerprint density at radius 1 is 1.21 bits per heavy atom. The second-order valence-electron chi connectivity index (χ2n) is 8.23. The lowest BCUT2D eigenvalue weighted by Crippen LogP contribution is -2.24. The number of hydrogen-bond acceptors (Lipinski definition) is 5. The normalized spacial score (nSPS) is 13.5. The zero-order valence-corrected chi connectivity index (χ0v) is 18.9. The molecule has 9 heteroatoms. The summed E-state index contributed by atoms with van der Waals surface area (Å²) in [5.74, 6) is -0.927. The van der Waals surface area contributed by atoms with E-state index >= 15 is 4.39 Å². The van der Waals surface area contributed by atoms with Gasteiger partial charge in [0.05, 0.1) is 18.0 Å². The van der Waals surface area contributed by atoms with Crippen LogP contribution in [-0.4, -0.2) is 27.1 Å². The summed E-state index contributed by atoms with van der Waals surface area (Å²) in [5.41, 5.74) is 0.0906. The van der Waals surface area contributed by atoms with Crippen LogP contribution < -0.4 is 15.5 Å². The van der Waals surface area contributed by atoms with Crippen molar-refractivity contribution in [2.45, 2.75) is 18.9 Å². The van der Waals surface area contributed by atoms with Gasteiger partial charge in [-0.2, -0.15) is 0 Å². The fourth-order valence-corrected chi connectivity index (χ4v) is 4.87. The van der Waals surface area contributed by atoms with Crippen LogP contribution >= 0.6 is 11.3 Å². The lowest BCUT2D eigenvalue weighted by molar-refractivity contribution is 0.102. The van der Waals surface area contributed by atoms with Gasteiger partial charge in [-0.1, -0.05) is 24.3 Å². The molecule has 0 aliphatic heterocycles. The topological polar surface area (TPSA) is 78.2 Å². The van der Waals surface area contributed by atoms with Crippen molar-refractivity contribution in [3.05, 3.63) is 82.1 Å². The van der Waals surface area contributed by atoms with E-state index in [0.29, 0.717) is 10.6 Å². The molecule has 2 aromatic carbocycles. The summed E-state index contributed by atoms with van der Waals surface area (Å²) >= 11 is 1.25. The molecule has 6 rings (SSSR count). The molecule has 0 spiro atoms. The number of benzene rings is 2. The molecular weight excluding hydrogens is 455 g/mol. The van der Waals surface area contributed by atoms with E-state index in [1.807, 2.05) is 41.2 Å². The fourth-order valence-electron chi connectivity index (χ4n) is 4.34. The van der Waals surface area contributed by atoms with Gasteiger partial charge in [0, 0.05) is 36.2 Å². The molecule has 1 aliphatic rings. The Bertz CT molecular complexity index is 1600. The van der Waals surface area contributed by atoms with Crippen molar-refractivity contribution in [2.75, 3.05) is 12.4 Å². The highest BCUT2D eigenvalue weighted by atomic mass is 32.1. The van der Waals surface area contributed by atoms with E-state index in [9.17, 15) is 9.59 Å². The molecule has 0 unspecified atom stereocenters. The SMILES string of the molecule is COc1c(-n2cc3ccccc3c2)c(F)cc2c(=O)c(C(=O)Nc3nccs3)cn(C3CC3)c12. The van der Waals surface area contributed by atoms with Crippen molar-refractivity contribution in [1.29, 1.82) is 0 Å². The number of aromatic nitrogens is 3. The van der Waals surface area contributed by atoms with Gasteiger partial charge in [-0.05, 0) is 29.7 Å². The van der Waals surface area contributed by atoms with Crippen LogP contribution in [0.3, 0.4) is 0 Å². The van der Waals surface area contributed by atoms with E-state index in [1.165, 1.54) is 24.5 Å². The molecule has 1 saturated carbocycles. The fraction of sp³-hybridized carbons (Fsp3) is 0.160. The number of anilines is 1. The maximum atomic E-state index is 15.6. The molecule has 0 bridgehead atoms. The zero-order chi connectivity index (χ0) is 23.4. The van der Waals surface area contributed by atoms with Crippen molar-refractivity contribution in [1.82, 2.24) is 14.1 Å². The Kier molecular flexibility index (Phi) is 4.73. The number of methoxy groups -OCH3 is 1. The molecule has 34 heavy (non-hydrogen) atoms. The molecule has 0 saturated heterocycles. The van der Waals surface area contributed by atoms with Crippen LogP contribution in [-0.2, 0) is 0 Å². The number of carbonyl (C=O) groups excluding carboxylic acids is 1. The third-order valence-electron chi connectivity index (χ3n) is 6.05. The predicted octanol–water partition coefficient (Wildman–Crippen LogP) is 5.14. The number of nitrogens with zero attached hydrogens (tertiary/aromatic N) is 3. The average molecular weight is 475 g/mol. The van der Waals surface area contributed by atoms with Crippen molar-refractivity contribution < 1.29 is 13.9 Å². The van der Waals surface area contributed by atoms with Gasteiger partial charge in [-0.3, -0.25) is 14.9 Å². The Morgan fingerprint density at radius 3 is 2.56 bits per heavy atom. The summed E-state index contributed by atoms with van der Waals surface area (Å²) in [7, 11) is 1.46. The average Bonchev–Trinajstić information content (AvgIpc) is 3.38. The lowest BCUT2D eigenvalue weighted by Gasteiger charge is -2.19. The second kappa shape index (κ2) is 7.81. The van der Waals surface area contributed by atoms with Gasteiger partial charge in [0.15, 0.2) is 16.7 Å². The second-order valence-corrected chi connectivity index (χ2v) is 9.13. The van der Waals surface area contributed by atoms with Crippen LogP contribution in [0.15, 0.2) is 65.3 Å². The van der Waals surface area contributed by atoms with E-state index in [-0.39, 0.29) is 28.4 Å². The highest BCUT2D eigenvalue weighted by molar-refractivity contribution is 7.13. The predicted molar refractivity (Wildman–Crippen MR) is 130 cm³/mol. The van der Waals surface area contributed by atoms with E-state index in [1.54, 1.807) is 22.3 Å². The molecule has 5 aromatic rings. The minimum Gasteiger partial charge on any atom is -0.492 e. The minimum atomic E-state index is -0.610. The van der Waals surface area contributed by atoms with E-state index in [4.69, 9.17) is 4.74 Å². The molecule has 1 amide bonds. The first-order valence-corrected chi connectivity index (χ1v) is 11.7. The first-order valence-electron chi connectivity index (χ1n) is 10.8. The first-order chi connectivity index (χ1) is 16.5. The molecule has 1 aliphatic carbocycles. The van der Waals surface area contributed by atoms with Crippen LogP contribution in [0.25, 0.3) is 27.4 Å². The van der Waals surface area contributed by atoms with E-state index in [2.05, 4.69) is 10.3 Å². The van der Waals surface area contributed by atoms with Gasteiger partial charge < -0.3 is 13.9 Å². The molecule has 0 radical (unpaired) electrons. The molecule has 1 N–H and O–H groups in total. The van der Waals surface area contributed by atoms with Crippen molar-refractivity contribution in [3.63, 3.8) is 0 Å². The van der Waals surface area contributed by atoms with Gasteiger partial charge >= 0.3 is 0 Å². The van der Waals surface area contributed by atoms with E-state index in [0.717, 1.165) is 23.6 Å². The maximum Gasteiger partial charge on any atom is 0.262 e. The van der Waals surface area contributed by atoms with Gasteiger partial charge in [0.1, 0.15) is 11.3 Å². The summed E-state index contributed by atoms with van der Waals surface area (Å²) in [5, 5.41) is 6.79. The Balaban J connectivity index is 1.60. The van der Waals surface area contributed by atoms with Gasteiger partial charge in [0.2, 0.25) is 5.43 Å². The van der Waals surface area contributed by atoms with Crippen molar-refractivity contribution in [3.8, 4) is 11.4 Å². The van der Waals surface area contributed by atoms with Crippen LogP contribution in [0.1, 0.15) is 29.2 Å². The summed E-state index contributed by atoms with van der Waals surface area (Å²) in [6.45, 7) is 0. The van der Waals surface area contributed by atoms with Gasteiger partial charge in [-0.15, -0.1) is 11.3 Å². The first kappa shape index (κ1) is 20.6. The number of amides is 1. The van der Waals surface area contributed by atoms with Gasteiger partial charge in [-0.25, -0.2) is 9.37 Å². The van der Waals surface area contributed by atoms with Crippen LogP contribution in [0.5, 0.6) is 5.75 Å². The number of carbonyl (C=O) groups is 1. The molecule has 3 heterocycles. The molecule has 170 valence electrons. The third kappa shape index (κ3) is 3.28. The number of fused-ring (bicyclic) bond motifs is 2. The number of rotatable bonds is 5. The van der Waals surface area contributed by atoms with Crippen molar-refractivity contribution >= 4 is 44.1 Å². The van der Waals surface area contributed by atoms with Gasteiger partial charge in [0.25, 0.3) is 5.91 Å². The molecular formula is C25H19FN4O3S. The molecule has 1 fully saturated rings. The zero-order valence-electron chi connectivity index (χ0n) is 18.1. The lowest BCUT2D eigenvalue weighted by atomic mass is 10.1. The number of pyridine rings is 1. The third-order valence-corrected chi connectivity index (χ3v) is 6.74. The van der Waals surface area contributed by atoms with E-state index < -0.39 is 17.2 Å². The number of hydrogen-bond donors (Lipinski definition) is 1. The summed E-state index contributed by atoms with van der Waals surface area (Å²) in [6.07, 6.45) is 8.58. The molecule has 3 aromatic heterocycles. The summed E-state index contributed by atoms with van der Waals surface area (Å²) in [4.78, 5) is 30.3. The quantitative estimate of drug-likeness (QED) is 0.383. The van der Waals surface area contributed by atoms with Crippen LogP contribution in [0.4, 0.5) is 9.52 Å². The molecule has 7 nitrogen and oxygen atoms in total. The summed E-state index contributed by atoms with van der Waals surface area (Å²) in [6, 6.07) is 9.05. The maximum absolute atomic E-state index is 15.6. The highest BCUT2D eigenvalue weighted by Gasteiger charge is 2.30. The number of nitrogens with one attached hydrogen (secondary N) is 1. The highest BCUT2D eigenvalue weighted by Crippen LogP contribution is 2.42. The minimum absolute atomic E-state index is 0.0597. The standard InChI is InChI=1S/C25H19FN4O3S/c1-33-23-20-17(10-19(26)21(23)29-11-14-4-2-3-5-15(14)12-29)22(31)18(13-30(20)16-6-7-16)24(32)28-25-27-8-9-34-25/h2-5,8-13,16H,6-7H2,1H3,(H,27,28,32). The Hall–Kier alpha value is -3.98. The van der Waals surface area contributed by atoms with Crippen LogP contribution in [0, 0.1) is 5.82 Å². The van der Waals surface area contributed by atoms with Crippen LogP contribution in [0.2, 0.25) is 0 Å². The number of ether oxygens (including phenoxy) is 1. The Morgan fingerprint density at radius 2 is 1.94 bits per heavy atom. The number of thiazole rings is 1. The smallest absolute Gasteiger partial charge is 0.262 e. The molecule has 0 atom stereocenters. The number of halogens is 1. The monoisotopic (exact) mass is 474 g/mol.